The van der Waals surface area contributed by atoms with E-state index in [1.165, 1.54) is 11.3 Å². The van der Waals surface area contributed by atoms with Gasteiger partial charge in [-0.15, -0.1) is 11.3 Å². The predicted molar refractivity (Wildman–Crippen MR) is 114 cm³/mol. The molecule has 0 bridgehead atoms. The number of rotatable bonds is 5. The highest BCUT2D eigenvalue weighted by atomic mass is 35.5. The number of hydrogen-bond acceptors (Lipinski definition) is 5. The Morgan fingerprint density at radius 1 is 1.14 bits per heavy atom. The molecule has 0 unspecified atom stereocenters. The molecule has 0 atom stereocenters. The van der Waals surface area contributed by atoms with Crippen LogP contribution in [0.15, 0.2) is 53.9 Å². The van der Waals surface area contributed by atoms with Gasteiger partial charge in [-0.05, 0) is 37.1 Å². The molecule has 0 aliphatic carbocycles. The molecule has 28 heavy (non-hydrogen) atoms. The van der Waals surface area contributed by atoms with Crippen molar-refractivity contribution in [1.82, 2.24) is 4.98 Å². The third-order valence-corrected chi connectivity index (χ3v) is 5.72. The molecule has 5 nitrogen and oxygen atoms in total. The zero-order valence-electron chi connectivity index (χ0n) is 15.2. The third-order valence-electron chi connectivity index (χ3n) is 4.64. The van der Waals surface area contributed by atoms with Crippen LogP contribution in [-0.4, -0.2) is 24.1 Å². The summed E-state index contributed by atoms with van der Waals surface area (Å²) < 4.78 is 5.33. The van der Waals surface area contributed by atoms with Crippen LogP contribution in [0.5, 0.6) is 0 Å². The minimum Gasteiger partial charge on any atom is -0.381 e. The van der Waals surface area contributed by atoms with Gasteiger partial charge in [-0.3, -0.25) is 4.79 Å². The number of nitrogens with one attached hydrogen (secondary N) is 2. The number of carbonyl (C=O) groups excluding carboxylic acids is 1. The van der Waals surface area contributed by atoms with Crippen molar-refractivity contribution in [3.8, 4) is 11.3 Å². The molecule has 0 saturated carbocycles. The molecule has 1 aliphatic rings. The summed E-state index contributed by atoms with van der Waals surface area (Å²) in [5.41, 5.74) is 3.40. The monoisotopic (exact) mass is 413 g/mol. The molecule has 1 amide bonds. The molecule has 4 rings (SSSR count). The van der Waals surface area contributed by atoms with Crippen LogP contribution in [-0.2, 0) is 9.53 Å². The first kappa shape index (κ1) is 18.9. The van der Waals surface area contributed by atoms with Gasteiger partial charge in [-0.25, -0.2) is 4.98 Å². The van der Waals surface area contributed by atoms with E-state index < -0.39 is 0 Å². The van der Waals surface area contributed by atoms with Gasteiger partial charge in [0.1, 0.15) is 0 Å². The topological polar surface area (TPSA) is 63.2 Å². The van der Waals surface area contributed by atoms with Crippen LogP contribution in [0.2, 0.25) is 5.02 Å². The molecule has 1 saturated heterocycles. The van der Waals surface area contributed by atoms with Gasteiger partial charge in [0.05, 0.1) is 16.4 Å². The average molecular weight is 414 g/mol. The van der Waals surface area contributed by atoms with Gasteiger partial charge in [0.2, 0.25) is 5.91 Å². The summed E-state index contributed by atoms with van der Waals surface area (Å²) in [6.45, 7) is 1.30. The number of amides is 1. The van der Waals surface area contributed by atoms with Crippen LogP contribution in [0.3, 0.4) is 0 Å². The van der Waals surface area contributed by atoms with E-state index in [0.717, 1.165) is 40.6 Å². The van der Waals surface area contributed by atoms with Gasteiger partial charge < -0.3 is 15.4 Å². The fraction of sp³-hybridized carbons (Fsp3) is 0.238. The first-order valence-electron chi connectivity index (χ1n) is 9.15. The molecule has 2 N–H and O–H groups in total. The van der Waals surface area contributed by atoms with Gasteiger partial charge in [-0.2, -0.15) is 0 Å². The maximum Gasteiger partial charge on any atom is 0.227 e. The second-order valence-electron chi connectivity index (χ2n) is 6.60. The van der Waals surface area contributed by atoms with Crippen molar-refractivity contribution >= 4 is 45.4 Å². The van der Waals surface area contributed by atoms with E-state index in [9.17, 15) is 4.79 Å². The lowest BCUT2D eigenvalue weighted by Crippen LogP contribution is -2.28. The summed E-state index contributed by atoms with van der Waals surface area (Å²) in [7, 11) is 0. The summed E-state index contributed by atoms with van der Waals surface area (Å²) in [6.07, 6.45) is 1.55. The lowest BCUT2D eigenvalue weighted by Gasteiger charge is -2.21. The van der Waals surface area contributed by atoms with E-state index >= 15 is 0 Å². The SMILES string of the molecule is O=C(Nc1cccc(-c2csc(Nc3ccccc3Cl)n2)c1)C1CCOCC1. The van der Waals surface area contributed by atoms with Crippen molar-refractivity contribution in [2.45, 2.75) is 12.8 Å². The van der Waals surface area contributed by atoms with Gasteiger partial charge in [0, 0.05) is 35.8 Å². The van der Waals surface area contributed by atoms with Crippen molar-refractivity contribution < 1.29 is 9.53 Å². The van der Waals surface area contributed by atoms with Crippen molar-refractivity contribution in [1.29, 1.82) is 0 Å². The van der Waals surface area contributed by atoms with Crippen LogP contribution in [0.25, 0.3) is 11.3 Å². The van der Waals surface area contributed by atoms with Crippen LogP contribution in [0.4, 0.5) is 16.5 Å². The Morgan fingerprint density at radius 2 is 1.96 bits per heavy atom. The van der Waals surface area contributed by atoms with Crippen LogP contribution >= 0.6 is 22.9 Å². The second kappa shape index (κ2) is 8.73. The zero-order chi connectivity index (χ0) is 19.3. The molecule has 144 valence electrons. The van der Waals surface area contributed by atoms with E-state index in [2.05, 4.69) is 15.6 Å². The maximum absolute atomic E-state index is 12.5. The molecule has 0 spiro atoms. The van der Waals surface area contributed by atoms with Gasteiger partial charge >= 0.3 is 0 Å². The van der Waals surface area contributed by atoms with E-state index in [0.29, 0.717) is 18.2 Å². The lowest BCUT2D eigenvalue weighted by atomic mass is 9.99. The Labute approximate surface area is 172 Å². The normalized spacial score (nSPS) is 14.6. The Balaban J connectivity index is 1.46. The van der Waals surface area contributed by atoms with Crippen molar-refractivity contribution in [2.24, 2.45) is 5.92 Å². The number of para-hydroxylation sites is 1. The lowest BCUT2D eigenvalue weighted by molar-refractivity contribution is -0.122. The summed E-state index contributed by atoms with van der Waals surface area (Å²) >= 11 is 7.71. The number of benzene rings is 2. The highest BCUT2D eigenvalue weighted by molar-refractivity contribution is 7.14. The van der Waals surface area contributed by atoms with Gasteiger partial charge in [-0.1, -0.05) is 35.9 Å². The number of nitrogens with zero attached hydrogens (tertiary/aromatic N) is 1. The molecule has 1 aliphatic heterocycles. The summed E-state index contributed by atoms with van der Waals surface area (Å²) in [6, 6.07) is 15.3. The molecular formula is C21H20ClN3O2S. The number of aromatic nitrogens is 1. The molecule has 7 heteroatoms. The number of carbonyl (C=O) groups is 1. The number of ether oxygens (including phenoxy) is 1. The Morgan fingerprint density at radius 3 is 2.79 bits per heavy atom. The Kier molecular flexibility index (Phi) is 5.90. The number of hydrogen-bond donors (Lipinski definition) is 2. The highest BCUT2D eigenvalue weighted by Crippen LogP contribution is 2.31. The van der Waals surface area contributed by atoms with Crippen LogP contribution in [0.1, 0.15) is 12.8 Å². The molecule has 2 aromatic carbocycles. The number of anilines is 3. The Hall–Kier alpha value is -2.41. The summed E-state index contributed by atoms with van der Waals surface area (Å²) in [5.74, 6) is 0.0721. The minimum atomic E-state index is 0.0168. The highest BCUT2D eigenvalue weighted by Gasteiger charge is 2.21. The summed E-state index contributed by atoms with van der Waals surface area (Å²) in [5, 5.41) is 9.67. The predicted octanol–water partition coefficient (Wildman–Crippen LogP) is 5.57. The standard InChI is InChI=1S/C21H20ClN3O2S/c22-17-6-1-2-7-18(17)24-21-25-19(13-28-21)15-4-3-5-16(12-15)23-20(26)14-8-10-27-11-9-14/h1-7,12-14H,8-11H2,(H,23,26)(H,24,25). The molecule has 2 heterocycles. The van der Waals surface area contributed by atoms with E-state index in [4.69, 9.17) is 16.3 Å². The molecule has 1 fully saturated rings. The quantitative estimate of drug-likeness (QED) is 0.573. The van der Waals surface area contributed by atoms with Crippen molar-refractivity contribution in [3.05, 3.63) is 58.9 Å². The fourth-order valence-electron chi connectivity index (χ4n) is 3.10. The van der Waals surface area contributed by atoms with Crippen LogP contribution < -0.4 is 10.6 Å². The number of thiazole rings is 1. The number of halogens is 1. The largest absolute Gasteiger partial charge is 0.381 e. The maximum atomic E-state index is 12.5. The minimum absolute atomic E-state index is 0.0168. The second-order valence-corrected chi connectivity index (χ2v) is 7.86. The first-order valence-corrected chi connectivity index (χ1v) is 10.4. The van der Waals surface area contributed by atoms with Gasteiger partial charge in [0.15, 0.2) is 5.13 Å². The Bertz CT molecular complexity index is 970. The smallest absolute Gasteiger partial charge is 0.227 e. The van der Waals surface area contributed by atoms with Gasteiger partial charge in [0.25, 0.3) is 0 Å². The molecular weight excluding hydrogens is 394 g/mol. The summed E-state index contributed by atoms with van der Waals surface area (Å²) in [4.78, 5) is 17.1. The zero-order valence-corrected chi connectivity index (χ0v) is 16.7. The molecule has 0 radical (unpaired) electrons. The third kappa shape index (κ3) is 4.52. The molecule has 3 aromatic rings. The average Bonchev–Trinajstić information content (AvgIpc) is 3.19. The van der Waals surface area contributed by atoms with E-state index in [1.54, 1.807) is 0 Å². The van der Waals surface area contributed by atoms with E-state index in [-0.39, 0.29) is 11.8 Å². The van der Waals surface area contributed by atoms with Crippen LogP contribution in [0, 0.1) is 5.92 Å². The molecule has 1 aromatic heterocycles. The first-order chi connectivity index (χ1) is 13.7. The van der Waals surface area contributed by atoms with Crippen molar-refractivity contribution in [2.75, 3.05) is 23.8 Å². The van der Waals surface area contributed by atoms with E-state index in [1.807, 2.05) is 53.9 Å². The fourth-order valence-corrected chi connectivity index (χ4v) is 4.02. The van der Waals surface area contributed by atoms with Crippen molar-refractivity contribution in [3.63, 3.8) is 0 Å².